The van der Waals surface area contributed by atoms with Crippen LogP contribution in [0.25, 0.3) is 5.57 Å². The van der Waals surface area contributed by atoms with E-state index in [9.17, 15) is 4.79 Å². The summed E-state index contributed by atoms with van der Waals surface area (Å²) in [6.45, 7) is 7.73. The Balaban J connectivity index is 3.34. The molecule has 0 unspecified atom stereocenters. The molecule has 4 heteroatoms. The smallest absolute Gasteiger partial charge is 0.255 e. The third kappa shape index (κ3) is 3.84. The average molecular weight is 335 g/mol. The Labute approximate surface area is 128 Å². The number of nitrogens with one attached hydrogen (secondary N) is 1. The van der Waals surface area contributed by atoms with Gasteiger partial charge in [-0.1, -0.05) is 59.4 Å². The van der Waals surface area contributed by atoms with Crippen molar-refractivity contribution in [2.24, 2.45) is 0 Å². The van der Waals surface area contributed by atoms with Crippen LogP contribution in [-0.2, 0) is 4.79 Å². The second-order valence-electron chi connectivity index (χ2n) is 4.38. The average Bonchev–Trinajstić information content (AvgIpc) is 2.47. The molecule has 106 valence electrons. The lowest BCUT2D eigenvalue weighted by Gasteiger charge is -2.19. The number of amides is 1. The first-order valence-corrected chi connectivity index (χ1v) is 7.28. The number of allylic oxidation sites excluding steroid dienone is 1. The maximum atomic E-state index is 12.4. The molecule has 1 amide bonds. The number of likely N-dealkylation sites (N-methyl/N-ethyl adjacent to an activating group) is 1. The van der Waals surface area contributed by atoms with E-state index in [1.165, 1.54) is 4.90 Å². The summed E-state index contributed by atoms with van der Waals surface area (Å²) in [7, 11) is 3.45. The third-order valence-corrected chi connectivity index (χ3v) is 3.32. The number of rotatable bonds is 6. The molecule has 0 heterocycles. The molecule has 1 aromatic rings. The molecule has 1 aromatic carbocycles. The fourth-order valence-electron chi connectivity index (χ4n) is 1.75. The third-order valence-electron chi connectivity index (χ3n) is 2.76. The van der Waals surface area contributed by atoms with E-state index in [1.807, 2.05) is 30.3 Å². The van der Waals surface area contributed by atoms with E-state index in [-0.39, 0.29) is 5.91 Å². The van der Waals surface area contributed by atoms with E-state index >= 15 is 0 Å². The van der Waals surface area contributed by atoms with Crippen molar-refractivity contribution in [2.45, 2.75) is 0 Å². The topological polar surface area (TPSA) is 32.3 Å². The number of carbonyl (C=O) groups is 1. The molecule has 0 saturated carbocycles. The maximum Gasteiger partial charge on any atom is 0.255 e. The Bertz CT molecular complexity index is 533. The first kappa shape index (κ1) is 16.2. The second kappa shape index (κ2) is 7.70. The summed E-state index contributed by atoms with van der Waals surface area (Å²) in [6.07, 6.45) is 1.55. The number of alkyl halides is 1. The summed E-state index contributed by atoms with van der Waals surface area (Å²) in [6, 6.07) is 9.65. The molecule has 0 aromatic heterocycles. The van der Waals surface area contributed by atoms with Crippen LogP contribution >= 0.6 is 15.9 Å². The number of nitrogens with zero attached hydrogens (tertiary/aromatic N) is 1. The highest BCUT2D eigenvalue weighted by Gasteiger charge is 2.20. The van der Waals surface area contributed by atoms with Crippen molar-refractivity contribution in [1.82, 2.24) is 10.2 Å². The number of carbonyl (C=O) groups excluding carboxylic acids is 1. The van der Waals surface area contributed by atoms with Gasteiger partial charge in [-0.3, -0.25) is 4.79 Å². The molecule has 3 nitrogen and oxygen atoms in total. The molecule has 0 aliphatic heterocycles. The van der Waals surface area contributed by atoms with Crippen LogP contribution in [0, 0.1) is 0 Å². The Hall–Kier alpha value is -1.81. The number of halogens is 1. The molecule has 0 aliphatic rings. The Morgan fingerprint density at radius 1 is 1.35 bits per heavy atom. The lowest BCUT2D eigenvalue weighted by molar-refractivity contribution is -0.124. The van der Waals surface area contributed by atoms with Gasteiger partial charge < -0.3 is 10.2 Å². The minimum Gasteiger partial charge on any atom is -0.364 e. The molecule has 0 atom stereocenters. The predicted octanol–water partition coefficient (Wildman–Crippen LogP) is 3.17. The van der Waals surface area contributed by atoms with Crippen LogP contribution < -0.4 is 5.32 Å². The normalized spacial score (nSPS) is 11.3. The largest absolute Gasteiger partial charge is 0.364 e. The minimum absolute atomic E-state index is 0.0948. The number of hydrogen-bond acceptors (Lipinski definition) is 2. The summed E-state index contributed by atoms with van der Waals surface area (Å²) < 4.78 is 0. The zero-order valence-electron chi connectivity index (χ0n) is 11.8. The molecule has 0 saturated heterocycles. The molecular formula is C16H19BrN2O. The maximum absolute atomic E-state index is 12.4. The van der Waals surface area contributed by atoms with Crippen molar-refractivity contribution in [1.29, 1.82) is 0 Å². The van der Waals surface area contributed by atoms with Crippen molar-refractivity contribution in [3.63, 3.8) is 0 Å². The minimum atomic E-state index is -0.0948. The van der Waals surface area contributed by atoms with E-state index in [1.54, 1.807) is 20.3 Å². The van der Waals surface area contributed by atoms with Gasteiger partial charge in [0.15, 0.2) is 0 Å². The van der Waals surface area contributed by atoms with E-state index in [2.05, 4.69) is 34.4 Å². The monoisotopic (exact) mass is 334 g/mol. The highest BCUT2D eigenvalue weighted by Crippen LogP contribution is 2.25. The van der Waals surface area contributed by atoms with Gasteiger partial charge in [-0.05, 0) is 17.3 Å². The molecule has 20 heavy (non-hydrogen) atoms. The number of benzene rings is 1. The molecule has 0 fully saturated rings. The van der Waals surface area contributed by atoms with Gasteiger partial charge in [-0.25, -0.2) is 0 Å². The molecule has 1 N–H and O–H groups in total. The highest BCUT2D eigenvalue weighted by atomic mass is 79.9. The van der Waals surface area contributed by atoms with Crippen LogP contribution in [0.3, 0.4) is 0 Å². The van der Waals surface area contributed by atoms with E-state index < -0.39 is 0 Å². The van der Waals surface area contributed by atoms with Gasteiger partial charge in [-0.15, -0.1) is 0 Å². The molecule has 0 aliphatic carbocycles. The van der Waals surface area contributed by atoms with Crippen LogP contribution in [0.15, 0.2) is 61.0 Å². The van der Waals surface area contributed by atoms with E-state index in [0.29, 0.717) is 16.5 Å². The summed E-state index contributed by atoms with van der Waals surface area (Å²) >= 11 is 3.40. The van der Waals surface area contributed by atoms with Gasteiger partial charge in [0.25, 0.3) is 5.91 Å². The van der Waals surface area contributed by atoms with E-state index in [0.717, 1.165) is 11.3 Å². The van der Waals surface area contributed by atoms with Crippen molar-refractivity contribution in [3.05, 3.63) is 66.5 Å². The van der Waals surface area contributed by atoms with Gasteiger partial charge in [0.05, 0.1) is 5.57 Å². The molecule has 0 bridgehead atoms. The molecule has 0 radical (unpaired) electrons. The Morgan fingerprint density at radius 3 is 2.40 bits per heavy atom. The fourth-order valence-corrected chi connectivity index (χ4v) is 2.19. The van der Waals surface area contributed by atoms with Crippen LogP contribution in [0.5, 0.6) is 0 Å². The quantitative estimate of drug-likeness (QED) is 0.492. The lowest BCUT2D eigenvalue weighted by atomic mass is 9.97. The number of hydrogen-bond donors (Lipinski definition) is 1. The molecule has 1 rings (SSSR count). The van der Waals surface area contributed by atoms with Crippen molar-refractivity contribution < 1.29 is 4.79 Å². The van der Waals surface area contributed by atoms with Crippen molar-refractivity contribution >= 4 is 27.4 Å². The highest BCUT2D eigenvalue weighted by molar-refractivity contribution is 9.09. The summed E-state index contributed by atoms with van der Waals surface area (Å²) in [5.41, 5.74) is 2.90. The Morgan fingerprint density at radius 2 is 1.95 bits per heavy atom. The van der Waals surface area contributed by atoms with Gasteiger partial charge in [0, 0.05) is 25.1 Å². The van der Waals surface area contributed by atoms with E-state index in [4.69, 9.17) is 0 Å². The van der Waals surface area contributed by atoms with Gasteiger partial charge in [-0.2, -0.15) is 0 Å². The van der Waals surface area contributed by atoms with Crippen molar-refractivity contribution in [3.8, 4) is 0 Å². The van der Waals surface area contributed by atoms with Crippen LogP contribution in [0.2, 0.25) is 0 Å². The van der Waals surface area contributed by atoms with Gasteiger partial charge in [0.2, 0.25) is 0 Å². The van der Waals surface area contributed by atoms with Crippen LogP contribution in [0.1, 0.15) is 5.56 Å². The molecule has 0 spiro atoms. The summed E-state index contributed by atoms with van der Waals surface area (Å²) in [4.78, 5) is 14.0. The lowest BCUT2D eigenvalue weighted by Crippen LogP contribution is -2.27. The summed E-state index contributed by atoms with van der Waals surface area (Å²) in [5, 5.41) is 3.52. The van der Waals surface area contributed by atoms with Crippen LogP contribution in [-0.4, -0.2) is 30.2 Å². The Kier molecular flexibility index (Phi) is 6.25. The van der Waals surface area contributed by atoms with Gasteiger partial charge >= 0.3 is 0 Å². The SMILES string of the molecule is C=CN/C(CBr)=C(/C(=C)c1ccccc1)C(=O)N(C)C. The molecular weight excluding hydrogens is 316 g/mol. The summed E-state index contributed by atoms with van der Waals surface area (Å²) in [5.74, 6) is -0.0948. The zero-order valence-corrected chi connectivity index (χ0v) is 13.4. The van der Waals surface area contributed by atoms with Gasteiger partial charge in [0.1, 0.15) is 0 Å². The van der Waals surface area contributed by atoms with Crippen LogP contribution in [0.4, 0.5) is 0 Å². The predicted molar refractivity (Wildman–Crippen MR) is 88.3 cm³/mol. The second-order valence-corrected chi connectivity index (χ2v) is 4.94. The zero-order chi connectivity index (χ0) is 15.1. The fraction of sp³-hybridized carbons (Fsp3) is 0.188. The first-order chi connectivity index (χ1) is 9.52. The first-order valence-electron chi connectivity index (χ1n) is 6.15. The standard InChI is InChI=1S/C16H19BrN2O/c1-5-18-14(11-17)15(16(20)19(3)4)12(2)13-9-7-6-8-10-13/h5-10,18H,1-2,11H2,3-4H3/b15-14-. The van der Waals surface area contributed by atoms with Crippen molar-refractivity contribution in [2.75, 3.05) is 19.4 Å².